The number of ether oxygens (including phenoxy) is 1. The fraction of sp³-hybridized carbons (Fsp3) is 0.438. The molecule has 1 aromatic heterocycles. The molecular formula is C16H21ClN4O3. The number of nitrogens with zero attached hydrogens (tertiary/aromatic N) is 2. The topological polar surface area (TPSA) is 89.3 Å². The largest absolute Gasteiger partial charge is 0.485 e. The van der Waals surface area contributed by atoms with Crippen molar-refractivity contribution < 1.29 is 14.1 Å². The fourth-order valence-electron chi connectivity index (χ4n) is 2.44. The monoisotopic (exact) mass is 352 g/mol. The molecular weight excluding hydrogens is 332 g/mol. The summed E-state index contributed by atoms with van der Waals surface area (Å²) in [6, 6.07) is 9.40. The Morgan fingerprint density at radius 1 is 1.38 bits per heavy atom. The van der Waals surface area contributed by atoms with Crippen LogP contribution in [0.1, 0.15) is 24.6 Å². The van der Waals surface area contributed by atoms with Crippen LogP contribution < -0.4 is 15.4 Å². The average molecular weight is 353 g/mol. The van der Waals surface area contributed by atoms with Crippen molar-refractivity contribution in [2.45, 2.75) is 31.9 Å². The summed E-state index contributed by atoms with van der Waals surface area (Å²) in [6.07, 6.45) is 2.46. The predicted molar refractivity (Wildman–Crippen MR) is 90.1 cm³/mol. The molecule has 1 saturated heterocycles. The highest BCUT2D eigenvalue weighted by molar-refractivity contribution is 5.85. The Hall–Kier alpha value is -2.12. The third-order valence-electron chi connectivity index (χ3n) is 3.64. The molecule has 0 aliphatic carbocycles. The van der Waals surface area contributed by atoms with Crippen LogP contribution in [-0.2, 0) is 17.8 Å². The van der Waals surface area contributed by atoms with Gasteiger partial charge < -0.3 is 19.9 Å². The number of rotatable bonds is 7. The molecule has 7 nitrogen and oxygen atoms in total. The lowest BCUT2D eigenvalue weighted by atomic mass is 10.2. The molecule has 1 amide bonds. The Balaban J connectivity index is 0.00000208. The van der Waals surface area contributed by atoms with Gasteiger partial charge in [-0.2, -0.15) is 4.98 Å². The maximum absolute atomic E-state index is 11.8. The van der Waals surface area contributed by atoms with E-state index in [4.69, 9.17) is 9.26 Å². The van der Waals surface area contributed by atoms with E-state index in [0.29, 0.717) is 24.7 Å². The van der Waals surface area contributed by atoms with Gasteiger partial charge >= 0.3 is 0 Å². The minimum absolute atomic E-state index is 0. The second-order valence-electron chi connectivity index (χ2n) is 5.40. The lowest BCUT2D eigenvalue weighted by Gasteiger charge is -2.09. The number of hydrogen-bond donors (Lipinski definition) is 2. The molecule has 8 heteroatoms. The summed E-state index contributed by atoms with van der Waals surface area (Å²) in [6.45, 7) is 1.65. The number of para-hydroxylation sites is 1. The van der Waals surface area contributed by atoms with Gasteiger partial charge in [-0.3, -0.25) is 4.79 Å². The van der Waals surface area contributed by atoms with Gasteiger partial charge in [0.15, 0.2) is 6.61 Å². The minimum atomic E-state index is -0.0625. The highest BCUT2D eigenvalue weighted by Crippen LogP contribution is 2.10. The number of carbonyl (C=O) groups is 1. The number of benzene rings is 1. The Morgan fingerprint density at radius 2 is 2.21 bits per heavy atom. The standard InChI is InChI=1S/C16H20N4O3.ClH/c21-16(13-7-4-9-17-13)18-10-8-15-19-14(20-23-15)11-22-12-5-2-1-3-6-12;/h1-3,5-6,13,17H,4,7-11H2,(H,18,21);1H. The third kappa shape index (κ3) is 5.21. The third-order valence-corrected chi connectivity index (χ3v) is 3.64. The fourth-order valence-corrected chi connectivity index (χ4v) is 2.44. The minimum Gasteiger partial charge on any atom is -0.485 e. The zero-order valence-corrected chi connectivity index (χ0v) is 14.1. The van der Waals surface area contributed by atoms with Crippen molar-refractivity contribution in [3.8, 4) is 5.75 Å². The molecule has 1 aliphatic heterocycles. The molecule has 24 heavy (non-hydrogen) atoms. The number of hydrogen-bond acceptors (Lipinski definition) is 6. The maximum Gasteiger partial charge on any atom is 0.237 e. The average Bonchev–Trinajstić information content (AvgIpc) is 3.26. The molecule has 0 saturated carbocycles. The first-order valence-electron chi connectivity index (χ1n) is 7.81. The quantitative estimate of drug-likeness (QED) is 0.784. The second-order valence-corrected chi connectivity index (χ2v) is 5.40. The van der Waals surface area contributed by atoms with E-state index in [1.807, 2.05) is 30.3 Å². The van der Waals surface area contributed by atoms with Gasteiger partial charge in [-0.15, -0.1) is 12.4 Å². The zero-order valence-electron chi connectivity index (χ0n) is 13.2. The number of amides is 1. The highest BCUT2D eigenvalue weighted by atomic mass is 35.5. The Kier molecular flexibility index (Phi) is 7.02. The number of aromatic nitrogens is 2. The predicted octanol–water partition coefficient (Wildman–Crippen LogP) is 1.48. The molecule has 0 bridgehead atoms. The summed E-state index contributed by atoms with van der Waals surface area (Å²) in [4.78, 5) is 16.1. The van der Waals surface area contributed by atoms with E-state index in [1.165, 1.54) is 0 Å². The zero-order chi connectivity index (χ0) is 15.9. The maximum atomic E-state index is 11.8. The Labute approximate surface area is 146 Å². The van der Waals surface area contributed by atoms with Gasteiger partial charge in [-0.05, 0) is 31.5 Å². The Bertz CT molecular complexity index is 629. The summed E-state index contributed by atoms with van der Waals surface area (Å²) in [7, 11) is 0. The van der Waals surface area contributed by atoms with Crippen LogP contribution in [0, 0.1) is 0 Å². The molecule has 1 aliphatic rings. The van der Waals surface area contributed by atoms with Crippen molar-refractivity contribution in [1.29, 1.82) is 0 Å². The molecule has 3 rings (SSSR count). The summed E-state index contributed by atoms with van der Waals surface area (Å²) in [5.41, 5.74) is 0. The van der Waals surface area contributed by atoms with Gasteiger partial charge in [0.2, 0.25) is 17.6 Å². The first-order chi connectivity index (χ1) is 11.3. The van der Waals surface area contributed by atoms with E-state index >= 15 is 0 Å². The number of nitrogens with one attached hydrogen (secondary N) is 2. The van der Waals surface area contributed by atoms with Crippen molar-refractivity contribution in [2.24, 2.45) is 0 Å². The highest BCUT2D eigenvalue weighted by Gasteiger charge is 2.21. The van der Waals surface area contributed by atoms with Crippen molar-refractivity contribution in [2.75, 3.05) is 13.1 Å². The van der Waals surface area contributed by atoms with Gasteiger partial charge in [0.1, 0.15) is 5.75 Å². The lowest BCUT2D eigenvalue weighted by molar-refractivity contribution is -0.122. The van der Waals surface area contributed by atoms with Gasteiger partial charge in [0, 0.05) is 13.0 Å². The molecule has 2 heterocycles. The first kappa shape index (κ1) is 18.2. The molecule has 0 radical (unpaired) electrons. The summed E-state index contributed by atoms with van der Waals surface area (Å²) in [5, 5.41) is 9.91. The van der Waals surface area contributed by atoms with Crippen LogP contribution >= 0.6 is 12.4 Å². The van der Waals surface area contributed by atoms with Crippen molar-refractivity contribution in [3.63, 3.8) is 0 Å². The van der Waals surface area contributed by atoms with Crippen molar-refractivity contribution in [3.05, 3.63) is 42.0 Å². The van der Waals surface area contributed by atoms with E-state index in [2.05, 4.69) is 20.8 Å². The van der Waals surface area contributed by atoms with E-state index < -0.39 is 0 Å². The van der Waals surface area contributed by atoms with Gasteiger partial charge in [-0.1, -0.05) is 23.4 Å². The molecule has 130 valence electrons. The van der Waals surface area contributed by atoms with Crippen LogP contribution in [0.2, 0.25) is 0 Å². The number of halogens is 1. The molecule has 1 fully saturated rings. The van der Waals surface area contributed by atoms with Crippen LogP contribution in [0.25, 0.3) is 0 Å². The van der Waals surface area contributed by atoms with Crippen LogP contribution in [-0.4, -0.2) is 35.2 Å². The van der Waals surface area contributed by atoms with Gasteiger partial charge in [0.05, 0.1) is 6.04 Å². The molecule has 1 atom stereocenters. The first-order valence-corrected chi connectivity index (χ1v) is 7.81. The smallest absolute Gasteiger partial charge is 0.237 e. The normalized spacial score (nSPS) is 16.4. The van der Waals surface area contributed by atoms with Gasteiger partial charge in [0.25, 0.3) is 0 Å². The van der Waals surface area contributed by atoms with E-state index in [9.17, 15) is 4.79 Å². The summed E-state index contributed by atoms with van der Waals surface area (Å²) >= 11 is 0. The van der Waals surface area contributed by atoms with Crippen molar-refractivity contribution in [1.82, 2.24) is 20.8 Å². The molecule has 1 unspecified atom stereocenters. The molecule has 2 aromatic rings. The van der Waals surface area contributed by atoms with Crippen LogP contribution in [0.15, 0.2) is 34.9 Å². The SMILES string of the molecule is Cl.O=C(NCCc1nc(COc2ccccc2)no1)C1CCCN1. The second kappa shape index (κ2) is 9.24. The molecule has 0 spiro atoms. The van der Waals surface area contributed by atoms with E-state index in [0.717, 1.165) is 25.1 Å². The Morgan fingerprint density at radius 3 is 2.96 bits per heavy atom. The molecule has 1 aromatic carbocycles. The number of carbonyl (C=O) groups excluding carboxylic acids is 1. The van der Waals surface area contributed by atoms with E-state index in [1.54, 1.807) is 0 Å². The summed E-state index contributed by atoms with van der Waals surface area (Å²) in [5.74, 6) is 1.79. The summed E-state index contributed by atoms with van der Waals surface area (Å²) < 4.78 is 10.7. The molecule has 2 N–H and O–H groups in total. The van der Waals surface area contributed by atoms with Crippen molar-refractivity contribution >= 4 is 18.3 Å². The van der Waals surface area contributed by atoms with Gasteiger partial charge in [-0.25, -0.2) is 0 Å². The van der Waals surface area contributed by atoms with Crippen LogP contribution in [0.3, 0.4) is 0 Å². The lowest BCUT2D eigenvalue weighted by Crippen LogP contribution is -2.41. The van der Waals surface area contributed by atoms with E-state index in [-0.39, 0.29) is 31.0 Å². The van der Waals surface area contributed by atoms with Crippen LogP contribution in [0.4, 0.5) is 0 Å². The van der Waals surface area contributed by atoms with Crippen LogP contribution in [0.5, 0.6) is 5.75 Å².